The standard InChI is InChI=1S/C24H22FN5O4/c25-20-10-9-19(12-17(20)13-26)28-24-30-29-23(34-24)22(33)27-18-7-5-16(6-8-18)15-3-1-14(2-4-15)11-21(31)32/h5-10,12,14-15H,1-4,11H2,(H,27,33)(H,28,30)(H,31,32)/t14-,15-. The zero-order chi connectivity index (χ0) is 24.1. The molecule has 0 unspecified atom stereocenters. The van der Waals surface area contributed by atoms with Crippen LogP contribution in [-0.2, 0) is 4.79 Å². The summed E-state index contributed by atoms with van der Waals surface area (Å²) in [6.07, 6.45) is 3.93. The van der Waals surface area contributed by atoms with Gasteiger partial charge in [-0.2, -0.15) is 5.26 Å². The molecule has 1 aliphatic carbocycles. The van der Waals surface area contributed by atoms with Crippen molar-refractivity contribution in [3.63, 3.8) is 0 Å². The van der Waals surface area contributed by atoms with E-state index < -0.39 is 17.7 Å². The maximum Gasteiger partial charge on any atom is 0.320 e. The van der Waals surface area contributed by atoms with E-state index in [1.807, 2.05) is 12.1 Å². The first kappa shape index (κ1) is 22.9. The van der Waals surface area contributed by atoms with Crippen LogP contribution in [0.3, 0.4) is 0 Å². The van der Waals surface area contributed by atoms with E-state index in [1.54, 1.807) is 18.2 Å². The van der Waals surface area contributed by atoms with Crippen LogP contribution in [0.1, 0.15) is 59.8 Å². The highest BCUT2D eigenvalue weighted by atomic mass is 19.1. The molecule has 0 atom stereocenters. The fourth-order valence-corrected chi connectivity index (χ4v) is 4.15. The number of carbonyl (C=O) groups excluding carboxylic acids is 1. The minimum atomic E-state index is -0.740. The largest absolute Gasteiger partial charge is 0.481 e. The lowest BCUT2D eigenvalue weighted by Gasteiger charge is -2.28. The monoisotopic (exact) mass is 463 g/mol. The number of nitriles is 1. The second-order valence-electron chi connectivity index (χ2n) is 8.24. The Balaban J connectivity index is 1.32. The number of carboxylic acid groups (broad SMARTS) is 1. The average Bonchev–Trinajstić information content (AvgIpc) is 3.30. The van der Waals surface area contributed by atoms with E-state index in [0.29, 0.717) is 17.3 Å². The summed E-state index contributed by atoms with van der Waals surface area (Å²) in [5.41, 5.74) is 1.95. The maximum atomic E-state index is 13.4. The van der Waals surface area contributed by atoms with Crippen LogP contribution >= 0.6 is 0 Å². The molecule has 34 heavy (non-hydrogen) atoms. The zero-order valence-corrected chi connectivity index (χ0v) is 18.1. The number of anilines is 3. The third kappa shape index (κ3) is 5.56. The molecule has 2 aromatic carbocycles. The number of carboxylic acids is 1. The Morgan fingerprint density at radius 3 is 2.47 bits per heavy atom. The third-order valence-electron chi connectivity index (χ3n) is 5.91. The number of halogens is 1. The summed E-state index contributed by atoms with van der Waals surface area (Å²) in [6.45, 7) is 0. The summed E-state index contributed by atoms with van der Waals surface area (Å²) in [4.78, 5) is 23.3. The van der Waals surface area contributed by atoms with Gasteiger partial charge in [-0.05, 0) is 73.4 Å². The van der Waals surface area contributed by atoms with Gasteiger partial charge in [0.1, 0.15) is 11.9 Å². The molecule has 9 nitrogen and oxygen atoms in total. The molecule has 0 saturated heterocycles. The fraction of sp³-hybridized carbons (Fsp3) is 0.292. The quantitative estimate of drug-likeness (QED) is 0.453. The molecular weight excluding hydrogens is 441 g/mol. The molecule has 1 aromatic heterocycles. The molecule has 10 heteroatoms. The number of nitrogens with zero attached hydrogens (tertiary/aromatic N) is 3. The minimum absolute atomic E-state index is 0.0745. The van der Waals surface area contributed by atoms with Crippen molar-refractivity contribution in [2.45, 2.75) is 38.0 Å². The predicted octanol–water partition coefficient (Wildman–Crippen LogP) is 4.82. The number of carbonyl (C=O) groups is 2. The van der Waals surface area contributed by atoms with Crippen molar-refractivity contribution < 1.29 is 23.5 Å². The Morgan fingerprint density at radius 2 is 1.79 bits per heavy atom. The van der Waals surface area contributed by atoms with E-state index >= 15 is 0 Å². The molecule has 1 aliphatic rings. The van der Waals surface area contributed by atoms with Crippen LogP contribution in [0.4, 0.5) is 21.8 Å². The number of nitrogens with one attached hydrogen (secondary N) is 2. The molecule has 174 valence electrons. The molecule has 3 aromatic rings. The smallest absolute Gasteiger partial charge is 0.320 e. The first-order chi connectivity index (χ1) is 16.4. The van der Waals surface area contributed by atoms with Crippen LogP contribution in [0.15, 0.2) is 46.9 Å². The molecular formula is C24H22FN5O4. The van der Waals surface area contributed by atoms with Crippen molar-refractivity contribution >= 4 is 29.3 Å². The second-order valence-corrected chi connectivity index (χ2v) is 8.24. The van der Waals surface area contributed by atoms with Crippen LogP contribution in [0, 0.1) is 23.1 Å². The van der Waals surface area contributed by atoms with Crippen LogP contribution in [0.2, 0.25) is 0 Å². The molecule has 4 rings (SSSR count). The normalized spacial score (nSPS) is 17.5. The van der Waals surface area contributed by atoms with Gasteiger partial charge in [0.05, 0.1) is 5.56 Å². The number of aliphatic carboxylic acids is 1. The Labute approximate surface area is 194 Å². The van der Waals surface area contributed by atoms with E-state index in [-0.39, 0.29) is 29.8 Å². The molecule has 0 radical (unpaired) electrons. The molecule has 1 saturated carbocycles. The van der Waals surface area contributed by atoms with Crippen molar-refractivity contribution in [3.05, 3.63) is 65.3 Å². The highest BCUT2D eigenvalue weighted by Crippen LogP contribution is 2.37. The SMILES string of the molecule is N#Cc1cc(Nc2nnc(C(=O)Nc3ccc([C@H]4CC[C@H](CC(=O)O)CC4)cc3)o2)ccc1F. The first-order valence-corrected chi connectivity index (χ1v) is 10.8. The molecule has 0 spiro atoms. The minimum Gasteiger partial charge on any atom is -0.481 e. The number of aromatic nitrogens is 2. The summed E-state index contributed by atoms with van der Waals surface area (Å²) in [6, 6.07) is 13.0. The molecule has 1 heterocycles. The summed E-state index contributed by atoms with van der Waals surface area (Å²) < 4.78 is 18.8. The lowest BCUT2D eigenvalue weighted by molar-refractivity contribution is -0.138. The van der Waals surface area contributed by atoms with Crippen molar-refractivity contribution in [2.75, 3.05) is 10.6 Å². The van der Waals surface area contributed by atoms with Gasteiger partial charge >= 0.3 is 23.8 Å². The van der Waals surface area contributed by atoms with E-state index in [2.05, 4.69) is 20.8 Å². The Hall–Kier alpha value is -4.26. The van der Waals surface area contributed by atoms with Crippen molar-refractivity contribution in [2.24, 2.45) is 5.92 Å². The third-order valence-corrected chi connectivity index (χ3v) is 5.91. The highest BCUT2D eigenvalue weighted by Gasteiger charge is 2.24. The van der Waals surface area contributed by atoms with Gasteiger partial charge < -0.3 is 20.2 Å². The van der Waals surface area contributed by atoms with E-state index in [1.165, 1.54) is 12.1 Å². The Kier molecular flexibility index (Phi) is 6.82. The Bertz CT molecular complexity index is 1230. The molecule has 0 bridgehead atoms. The molecule has 3 N–H and O–H groups in total. The van der Waals surface area contributed by atoms with Crippen molar-refractivity contribution in [1.82, 2.24) is 10.2 Å². The van der Waals surface area contributed by atoms with Crippen LogP contribution in [-0.4, -0.2) is 27.2 Å². The predicted molar refractivity (Wildman–Crippen MR) is 120 cm³/mol. The fourth-order valence-electron chi connectivity index (χ4n) is 4.15. The van der Waals surface area contributed by atoms with Crippen molar-refractivity contribution in [1.29, 1.82) is 5.26 Å². The summed E-state index contributed by atoms with van der Waals surface area (Å²) >= 11 is 0. The lowest BCUT2D eigenvalue weighted by atomic mass is 9.77. The Morgan fingerprint density at radius 1 is 1.09 bits per heavy atom. The molecule has 0 aliphatic heterocycles. The molecule has 1 amide bonds. The van der Waals surface area contributed by atoms with Crippen LogP contribution < -0.4 is 10.6 Å². The van der Waals surface area contributed by atoms with Crippen molar-refractivity contribution in [3.8, 4) is 6.07 Å². The van der Waals surface area contributed by atoms with E-state index in [0.717, 1.165) is 37.3 Å². The summed E-state index contributed by atoms with van der Waals surface area (Å²) in [7, 11) is 0. The lowest BCUT2D eigenvalue weighted by Crippen LogP contribution is -2.16. The number of rotatable bonds is 7. The van der Waals surface area contributed by atoms with E-state index in [4.69, 9.17) is 14.8 Å². The van der Waals surface area contributed by atoms with Gasteiger partial charge in [0.25, 0.3) is 0 Å². The van der Waals surface area contributed by atoms with Gasteiger partial charge in [-0.3, -0.25) is 9.59 Å². The number of hydrogen-bond acceptors (Lipinski definition) is 7. The number of benzene rings is 2. The number of amides is 1. The van der Waals surface area contributed by atoms with Gasteiger partial charge in [0.15, 0.2) is 0 Å². The summed E-state index contributed by atoms with van der Waals surface area (Å²) in [5.74, 6) is -1.60. The van der Waals surface area contributed by atoms with Gasteiger partial charge in [-0.25, -0.2) is 4.39 Å². The maximum absolute atomic E-state index is 13.4. The average molecular weight is 463 g/mol. The zero-order valence-electron chi connectivity index (χ0n) is 18.1. The van der Waals surface area contributed by atoms with Gasteiger partial charge in [-0.1, -0.05) is 17.2 Å². The highest BCUT2D eigenvalue weighted by molar-refractivity contribution is 6.00. The van der Waals surface area contributed by atoms with Crippen LogP contribution in [0.25, 0.3) is 0 Å². The van der Waals surface area contributed by atoms with Crippen LogP contribution in [0.5, 0.6) is 0 Å². The first-order valence-electron chi connectivity index (χ1n) is 10.8. The van der Waals surface area contributed by atoms with Gasteiger partial charge in [0, 0.05) is 17.8 Å². The molecule has 1 fully saturated rings. The number of hydrogen-bond donors (Lipinski definition) is 3. The van der Waals surface area contributed by atoms with E-state index in [9.17, 15) is 14.0 Å². The van der Waals surface area contributed by atoms with Gasteiger partial charge in [-0.15, -0.1) is 5.10 Å². The topological polar surface area (TPSA) is 141 Å². The summed E-state index contributed by atoms with van der Waals surface area (Å²) in [5, 5.41) is 30.8. The second kappa shape index (κ2) is 10.1. The van der Waals surface area contributed by atoms with Gasteiger partial charge in [0.2, 0.25) is 0 Å².